The molecule has 0 spiro atoms. The highest BCUT2D eigenvalue weighted by Gasteiger charge is 2.50. The second-order valence-corrected chi connectivity index (χ2v) is 10.6. The van der Waals surface area contributed by atoms with Gasteiger partial charge in [0.1, 0.15) is 11.8 Å². The van der Waals surface area contributed by atoms with Gasteiger partial charge in [-0.25, -0.2) is 0 Å². The van der Waals surface area contributed by atoms with Crippen molar-refractivity contribution in [2.45, 2.75) is 105 Å². The summed E-state index contributed by atoms with van der Waals surface area (Å²) in [6, 6.07) is 0. The van der Waals surface area contributed by atoms with E-state index in [1.54, 1.807) is 4.90 Å². The van der Waals surface area contributed by atoms with Crippen LogP contribution in [0, 0.1) is 10.8 Å². The van der Waals surface area contributed by atoms with Gasteiger partial charge in [0.25, 0.3) is 0 Å². The smallest absolute Gasteiger partial charge is 0.231 e. The minimum Gasteiger partial charge on any atom is -0.356 e. The predicted octanol–water partition coefficient (Wildman–Crippen LogP) is 2.43. The number of hydrogen-bond acceptors (Lipinski definition) is 4. The summed E-state index contributed by atoms with van der Waals surface area (Å²) in [7, 11) is 0. The third kappa shape index (κ3) is 5.98. The maximum absolute atomic E-state index is 14.0. The first-order valence-electron chi connectivity index (χ1n) is 11.5. The zero-order chi connectivity index (χ0) is 23.4. The summed E-state index contributed by atoms with van der Waals surface area (Å²) in [5.74, 6) is -0.705. The highest BCUT2D eigenvalue weighted by atomic mass is 16.2. The molecule has 176 valence electrons. The molecule has 2 aliphatic rings. The van der Waals surface area contributed by atoms with Crippen molar-refractivity contribution < 1.29 is 19.2 Å². The van der Waals surface area contributed by atoms with Gasteiger partial charge in [-0.05, 0) is 38.5 Å². The number of amides is 4. The van der Waals surface area contributed by atoms with Gasteiger partial charge in [-0.15, -0.1) is 0 Å². The Morgan fingerprint density at radius 2 is 1.77 bits per heavy atom. The Morgan fingerprint density at radius 3 is 2.39 bits per heavy atom. The molecule has 0 aromatic rings. The lowest BCUT2D eigenvalue weighted by molar-refractivity contribution is -0.160. The van der Waals surface area contributed by atoms with Crippen molar-refractivity contribution in [3.63, 3.8) is 0 Å². The molecule has 0 aromatic heterocycles. The Labute approximate surface area is 186 Å². The lowest BCUT2D eigenvalue weighted by Gasteiger charge is -2.50. The highest BCUT2D eigenvalue weighted by molar-refractivity contribution is 5.88. The van der Waals surface area contributed by atoms with Gasteiger partial charge in [0.05, 0.1) is 6.42 Å². The molecule has 0 aromatic carbocycles. The standard InChI is InChI=1S/C23H40N4O4/c1-7-22(5,6)20(31)27(16-11-8-9-12-17(28)25-16)23(26-19(30)21(2,3)4)13-10-14-24-18(29)15-23/h16H,7-15H2,1-6H3,(H,24,29)(H,25,28)(H,26,30)/t16-,23-/m0/s1. The van der Waals surface area contributed by atoms with E-state index >= 15 is 0 Å². The van der Waals surface area contributed by atoms with Crippen LogP contribution in [0.15, 0.2) is 0 Å². The quantitative estimate of drug-likeness (QED) is 0.575. The molecule has 8 heteroatoms. The molecular formula is C23H40N4O4. The van der Waals surface area contributed by atoms with E-state index in [4.69, 9.17) is 0 Å². The van der Waals surface area contributed by atoms with Crippen molar-refractivity contribution in [1.82, 2.24) is 20.9 Å². The highest BCUT2D eigenvalue weighted by Crippen LogP contribution is 2.35. The fraction of sp³-hybridized carbons (Fsp3) is 0.826. The first kappa shape index (κ1) is 25.1. The van der Waals surface area contributed by atoms with Gasteiger partial charge in [-0.1, -0.05) is 41.5 Å². The molecule has 2 aliphatic heterocycles. The third-order valence-electron chi connectivity index (χ3n) is 6.48. The first-order valence-corrected chi connectivity index (χ1v) is 11.5. The van der Waals surface area contributed by atoms with Crippen LogP contribution in [0.1, 0.15) is 92.9 Å². The molecule has 0 radical (unpaired) electrons. The molecule has 2 atom stereocenters. The van der Waals surface area contributed by atoms with Crippen molar-refractivity contribution in [2.24, 2.45) is 10.8 Å². The van der Waals surface area contributed by atoms with Gasteiger partial charge >= 0.3 is 0 Å². The van der Waals surface area contributed by atoms with E-state index in [0.29, 0.717) is 38.6 Å². The van der Waals surface area contributed by atoms with E-state index in [1.807, 2.05) is 41.5 Å². The molecular weight excluding hydrogens is 396 g/mol. The fourth-order valence-electron chi connectivity index (χ4n) is 4.06. The fourth-order valence-corrected chi connectivity index (χ4v) is 4.06. The van der Waals surface area contributed by atoms with Crippen molar-refractivity contribution in [2.75, 3.05) is 6.54 Å². The van der Waals surface area contributed by atoms with Crippen molar-refractivity contribution in [1.29, 1.82) is 0 Å². The molecule has 0 saturated carbocycles. The molecule has 2 rings (SSSR count). The molecule has 4 amide bonds. The number of carbonyl (C=O) groups excluding carboxylic acids is 4. The molecule has 3 N–H and O–H groups in total. The number of hydrogen-bond donors (Lipinski definition) is 3. The molecule has 0 aliphatic carbocycles. The van der Waals surface area contributed by atoms with Crippen LogP contribution in [0.2, 0.25) is 0 Å². The summed E-state index contributed by atoms with van der Waals surface area (Å²) < 4.78 is 0. The monoisotopic (exact) mass is 436 g/mol. The second kappa shape index (κ2) is 9.57. The Balaban J connectivity index is 2.63. The number of nitrogens with one attached hydrogen (secondary N) is 3. The molecule has 8 nitrogen and oxygen atoms in total. The number of nitrogens with zero attached hydrogens (tertiary/aromatic N) is 1. The third-order valence-corrected chi connectivity index (χ3v) is 6.48. The van der Waals surface area contributed by atoms with Crippen LogP contribution in [0.4, 0.5) is 0 Å². The second-order valence-electron chi connectivity index (χ2n) is 10.6. The minimum absolute atomic E-state index is 0.0350. The van der Waals surface area contributed by atoms with Crippen LogP contribution in [-0.4, -0.2) is 46.9 Å². The lowest BCUT2D eigenvalue weighted by atomic mass is 9.84. The van der Waals surface area contributed by atoms with Gasteiger partial charge in [0, 0.05) is 23.8 Å². The van der Waals surface area contributed by atoms with Gasteiger partial charge < -0.3 is 16.0 Å². The van der Waals surface area contributed by atoms with E-state index in [-0.39, 0.29) is 30.0 Å². The van der Waals surface area contributed by atoms with E-state index in [2.05, 4.69) is 16.0 Å². The molecule has 31 heavy (non-hydrogen) atoms. The summed E-state index contributed by atoms with van der Waals surface area (Å²) in [5, 5.41) is 8.98. The molecule has 0 unspecified atom stereocenters. The van der Waals surface area contributed by atoms with Gasteiger partial charge in [-0.3, -0.25) is 24.1 Å². The van der Waals surface area contributed by atoms with Gasteiger partial charge in [0.15, 0.2) is 0 Å². The number of rotatable bonds is 5. The van der Waals surface area contributed by atoms with Crippen molar-refractivity contribution in [3.8, 4) is 0 Å². The summed E-state index contributed by atoms with van der Waals surface area (Å²) >= 11 is 0. The van der Waals surface area contributed by atoms with Crippen LogP contribution in [0.25, 0.3) is 0 Å². The summed E-state index contributed by atoms with van der Waals surface area (Å²) in [5.41, 5.74) is -2.60. The van der Waals surface area contributed by atoms with Gasteiger partial charge in [0.2, 0.25) is 23.6 Å². The van der Waals surface area contributed by atoms with Crippen LogP contribution < -0.4 is 16.0 Å². The Morgan fingerprint density at radius 1 is 1.10 bits per heavy atom. The zero-order valence-corrected chi connectivity index (χ0v) is 20.0. The average Bonchev–Trinajstić information content (AvgIpc) is 2.99. The van der Waals surface area contributed by atoms with Crippen LogP contribution in [0.3, 0.4) is 0 Å². The lowest BCUT2D eigenvalue weighted by Crippen LogP contribution is -2.71. The maximum atomic E-state index is 14.0. The van der Waals surface area contributed by atoms with E-state index in [9.17, 15) is 19.2 Å². The van der Waals surface area contributed by atoms with Gasteiger partial charge in [-0.2, -0.15) is 0 Å². The maximum Gasteiger partial charge on any atom is 0.231 e. The SMILES string of the molecule is CCC(C)(C)C(=O)N([C@H]1CCCCC(=O)N1)[C@@]1(NC(=O)C(C)(C)C)CCCNC(=O)C1. The van der Waals surface area contributed by atoms with Crippen molar-refractivity contribution in [3.05, 3.63) is 0 Å². The Kier molecular flexibility index (Phi) is 7.76. The molecule has 0 bridgehead atoms. The van der Waals surface area contributed by atoms with E-state index in [1.165, 1.54) is 0 Å². The van der Waals surface area contributed by atoms with Crippen LogP contribution >= 0.6 is 0 Å². The Hall–Kier alpha value is -2.12. The van der Waals surface area contributed by atoms with Crippen LogP contribution in [0.5, 0.6) is 0 Å². The largest absolute Gasteiger partial charge is 0.356 e. The topological polar surface area (TPSA) is 108 Å². The zero-order valence-electron chi connectivity index (χ0n) is 20.0. The van der Waals surface area contributed by atoms with E-state index in [0.717, 1.165) is 12.8 Å². The van der Waals surface area contributed by atoms with E-state index < -0.39 is 22.7 Å². The molecule has 2 saturated heterocycles. The Bertz CT molecular complexity index is 713. The average molecular weight is 437 g/mol. The van der Waals surface area contributed by atoms with Crippen LogP contribution in [-0.2, 0) is 19.2 Å². The first-order chi connectivity index (χ1) is 14.3. The number of carbonyl (C=O) groups is 4. The van der Waals surface area contributed by atoms with Crippen molar-refractivity contribution >= 4 is 23.6 Å². The summed E-state index contributed by atoms with van der Waals surface area (Å²) in [6.45, 7) is 11.6. The normalized spacial score (nSPS) is 25.5. The minimum atomic E-state index is -1.20. The molecule has 2 fully saturated rings. The summed E-state index contributed by atoms with van der Waals surface area (Å²) in [4.78, 5) is 53.9. The predicted molar refractivity (Wildman–Crippen MR) is 119 cm³/mol. The molecule has 2 heterocycles. The summed E-state index contributed by atoms with van der Waals surface area (Å²) in [6.07, 6.45) is 3.59.